The molecule has 0 radical (unpaired) electrons. The first-order valence-electron chi connectivity index (χ1n) is 8.90. The molecule has 4 heteroatoms. The molecule has 3 rings (SSSR count). The van der Waals surface area contributed by atoms with Gasteiger partial charge in [0.2, 0.25) is 7.28 Å². The Morgan fingerprint density at radius 2 is 1.88 bits per heavy atom. The third kappa shape index (κ3) is 4.31. The van der Waals surface area contributed by atoms with E-state index in [1.54, 1.807) is 6.20 Å². The van der Waals surface area contributed by atoms with Crippen molar-refractivity contribution in [3.63, 3.8) is 0 Å². The molecule has 26 heavy (non-hydrogen) atoms. The quantitative estimate of drug-likeness (QED) is 0.506. The molecule has 2 aromatic carbocycles. The summed E-state index contributed by atoms with van der Waals surface area (Å²) in [4.78, 5) is 4.45. The third-order valence-electron chi connectivity index (χ3n) is 4.48. The Morgan fingerprint density at radius 1 is 1.15 bits per heavy atom. The number of benzene rings is 2. The maximum atomic E-state index is 9.01. The van der Waals surface area contributed by atoms with E-state index >= 15 is 0 Å². The zero-order valence-electron chi connectivity index (χ0n) is 15.3. The summed E-state index contributed by atoms with van der Waals surface area (Å²) in [6.07, 6.45) is 5.83. The lowest BCUT2D eigenvalue weighted by Gasteiger charge is -2.10. The zero-order valence-corrected chi connectivity index (χ0v) is 15.3. The van der Waals surface area contributed by atoms with Crippen molar-refractivity contribution in [2.75, 3.05) is 0 Å². The monoisotopic (exact) mass is 339 g/mol. The zero-order chi connectivity index (χ0) is 18.4. The minimum Gasteiger partial charge on any atom is -0.329 e. The van der Waals surface area contributed by atoms with Crippen molar-refractivity contribution in [3.8, 4) is 6.07 Å². The molecule has 0 atom stereocenters. The van der Waals surface area contributed by atoms with Gasteiger partial charge in [0.25, 0.3) is 0 Å². The summed E-state index contributed by atoms with van der Waals surface area (Å²) < 4.78 is 1.90. The Bertz CT molecular complexity index is 916. The van der Waals surface area contributed by atoms with E-state index in [-0.39, 0.29) is 0 Å². The van der Waals surface area contributed by atoms with E-state index in [0.29, 0.717) is 19.7 Å². The summed E-state index contributed by atoms with van der Waals surface area (Å²) >= 11 is 0. The highest BCUT2D eigenvalue weighted by Crippen LogP contribution is 2.20. The lowest BCUT2D eigenvalue weighted by molar-refractivity contribution is 0.859. The van der Waals surface area contributed by atoms with E-state index in [9.17, 15) is 0 Å². The van der Waals surface area contributed by atoms with Crippen LogP contribution in [0.3, 0.4) is 0 Å². The lowest BCUT2D eigenvalue weighted by atomic mass is 9.65. The largest absolute Gasteiger partial charge is 0.329 e. The highest BCUT2D eigenvalue weighted by atomic mass is 15.0. The molecule has 1 heterocycles. The highest BCUT2D eigenvalue weighted by Gasteiger charge is 2.11. The first-order chi connectivity index (χ1) is 12.7. The predicted octanol–water partition coefficient (Wildman–Crippen LogP) is 3.79. The third-order valence-corrected chi connectivity index (χ3v) is 4.48. The van der Waals surface area contributed by atoms with Crippen LogP contribution >= 0.6 is 0 Å². The van der Waals surface area contributed by atoms with Crippen LogP contribution in [0.25, 0.3) is 11.5 Å². The van der Waals surface area contributed by atoms with Crippen molar-refractivity contribution >= 4 is 24.6 Å². The molecule has 0 saturated carbocycles. The van der Waals surface area contributed by atoms with E-state index in [1.807, 2.05) is 29.0 Å². The van der Waals surface area contributed by atoms with Crippen LogP contribution in [0, 0.1) is 11.3 Å². The minimum absolute atomic E-state index is 0.320. The summed E-state index contributed by atoms with van der Waals surface area (Å²) in [5.74, 6) is 0.528. The highest BCUT2D eigenvalue weighted by molar-refractivity contribution is 6.73. The molecule has 3 aromatic rings. The number of imidazole rings is 1. The standard InChI is InChI=1S/C22H22BN3/c1-17(2)19-10-8-18(9-11-19)16-21(20-6-4-3-5-7-20)23-22-25-13-15-26(22)14-12-24/h3-11,13,15-17,23H,14H2,1-2H3. The maximum absolute atomic E-state index is 9.01. The number of nitriles is 1. The number of nitrogens with zero attached hydrogens (tertiary/aromatic N) is 3. The van der Waals surface area contributed by atoms with Crippen LogP contribution in [-0.4, -0.2) is 16.8 Å². The van der Waals surface area contributed by atoms with Crippen LogP contribution in [0.2, 0.25) is 0 Å². The van der Waals surface area contributed by atoms with Crippen LogP contribution in [0.1, 0.15) is 36.5 Å². The molecular weight excluding hydrogens is 317 g/mol. The summed E-state index contributed by atoms with van der Waals surface area (Å²) in [7, 11) is 0.685. The van der Waals surface area contributed by atoms with Crippen molar-refractivity contribution in [1.29, 1.82) is 5.26 Å². The van der Waals surface area contributed by atoms with Crippen LogP contribution in [0.15, 0.2) is 67.0 Å². The SMILES string of the molecule is CC(C)c1ccc(C=C(Bc2nccn2CC#N)c2ccccc2)cc1. The summed E-state index contributed by atoms with van der Waals surface area (Å²) in [5.41, 5.74) is 5.78. The molecule has 0 spiro atoms. The molecule has 3 nitrogen and oxygen atoms in total. The van der Waals surface area contributed by atoms with Gasteiger partial charge in [-0.15, -0.1) is 0 Å². The summed E-state index contributed by atoms with van der Waals surface area (Å²) in [6.45, 7) is 4.73. The fourth-order valence-corrected chi connectivity index (χ4v) is 2.96. The van der Waals surface area contributed by atoms with Gasteiger partial charge < -0.3 is 4.57 Å². The predicted molar refractivity (Wildman–Crippen MR) is 109 cm³/mol. The molecule has 0 fully saturated rings. The average Bonchev–Trinajstić information content (AvgIpc) is 3.09. The molecule has 0 N–H and O–H groups in total. The van der Waals surface area contributed by atoms with Gasteiger partial charge in [0.05, 0.1) is 11.8 Å². The van der Waals surface area contributed by atoms with Crippen molar-refractivity contribution in [2.45, 2.75) is 26.3 Å². The molecular formula is C22H22BN3. The Labute approximate surface area is 155 Å². The van der Waals surface area contributed by atoms with E-state index < -0.39 is 0 Å². The van der Waals surface area contributed by atoms with Crippen molar-refractivity contribution in [3.05, 3.63) is 83.7 Å². The van der Waals surface area contributed by atoms with Gasteiger partial charge in [-0.25, -0.2) is 0 Å². The first-order valence-corrected chi connectivity index (χ1v) is 8.90. The first kappa shape index (κ1) is 17.8. The minimum atomic E-state index is 0.320. The van der Waals surface area contributed by atoms with Gasteiger partial charge in [-0.2, -0.15) is 5.26 Å². The molecule has 0 unspecified atom stereocenters. The van der Waals surface area contributed by atoms with E-state index in [4.69, 9.17) is 5.26 Å². The van der Waals surface area contributed by atoms with E-state index in [0.717, 1.165) is 5.72 Å². The van der Waals surface area contributed by atoms with Gasteiger partial charge in [-0.05, 0) is 22.6 Å². The van der Waals surface area contributed by atoms with Crippen LogP contribution < -0.4 is 5.72 Å². The molecule has 0 aliphatic carbocycles. The Morgan fingerprint density at radius 3 is 2.54 bits per heavy atom. The fraction of sp³-hybridized carbons (Fsp3) is 0.182. The molecule has 0 aliphatic rings. The van der Waals surface area contributed by atoms with E-state index in [1.165, 1.54) is 22.2 Å². The second-order valence-electron chi connectivity index (χ2n) is 6.66. The summed E-state index contributed by atoms with van der Waals surface area (Å²) in [6, 6.07) is 21.3. The van der Waals surface area contributed by atoms with Crippen molar-refractivity contribution < 1.29 is 0 Å². The molecule has 128 valence electrons. The van der Waals surface area contributed by atoms with Crippen LogP contribution in [0.4, 0.5) is 0 Å². The smallest absolute Gasteiger partial charge is 0.239 e. The van der Waals surface area contributed by atoms with Gasteiger partial charge in [0.1, 0.15) is 6.54 Å². The fourth-order valence-electron chi connectivity index (χ4n) is 2.96. The van der Waals surface area contributed by atoms with Crippen molar-refractivity contribution in [2.24, 2.45) is 0 Å². The number of hydrogen-bond acceptors (Lipinski definition) is 2. The maximum Gasteiger partial charge on any atom is 0.239 e. The Balaban J connectivity index is 1.96. The second kappa shape index (κ2) is 8.35. The van der Waals surface area contributed by atoms with E-state index in [2.05, 4.69) is 67.4 Å². The Hall–Kier alpha value is -3.06. The van der Waals surface area contributed by atoms with Gasteiger partial charge >= 0.3 is 0 Å². The van der Waals surface area contributed by atoms with Crippen LogP contribution in [-0.2, 0) is 6.54 Å². The summed E-state index contributed by atoms with van der Waals surface area (Å²) in [5, 5.41) is 9.01. The van der Waals surface area contributed by atoms with Gasteiger partial charge in [0, 0.05) is 12.4 Å². The lowest BCUT2D eigenvalue weighted by Crippen LogP contribution is -2.27. The molecule has 0 amide bonds. The second-order valence-corrected chi connectivity index (χ2v) is 6.66. The van der Waals surface area contributed by atoms with Crippen LogP contribution in [0.5, 0.6) is 0 Å². The molecule has 0 bridgehead atoms. The average molecular weight is 339 g/mol. The number of aromatic nitrogens is 2. The van der Waals surface area contributed by atoms with Crippen molar-refractivity contribution in [1.82, 2.24) is 9.55 Å². The molecule has 1 aromatic heterocycles. The van der Waals surface area contributed by atoms with Gasteiger partial charge in [-0.1, -0.05) is 80.0 Å². The normalized spacial score (nSPS) is 11.4. The van der Waals surface area contributed by atoms with Gasteiger partial charge in [0.15, 0.2) is 0 Å². The van der Waals surface area contributed by atoms with Gasteiger partial charge in [-0.3, -0.25) is 4.98 Å². The Kier molecular flexibility index (Phi) is 5.71. The molecule has 0 aliphatic heterocycles. The topological polar surface area (TPSA) is 41.6 Å². The number of rotatable bonds is 6. The molecule has 0 saturated heterocycles. The number of hydrogen-bond donors (Lipinski definition) is 0.